The van der Waals surface area contributed by atoms with Gasteiger partial charge in [-0.3, -0.25) is 0 Å². The molecular formula is C15H17NO2. The minimum absolute atomic E-state index is 0.358. The van der Waals surface area contributed by atoms with E-state index in [1.54, 1.807) is 12.1 Å². The van der Waals surface area contributed by atoms with Crippen molar-refractivity contribution >= 4 is 11.7 Å². The van der Waals surface area contributed by atoms with E-state index < -0.39 is 5.97 Å². The monoisotopic (exact) mass is 243 g/mol. The molecule has 0 heterocycles. The molecule has 94 valence electrons. The Balaban J connectivity index is 1.67. The van der Waals surface area contributed by atoms with Gasteiger partial charge in [0.1, 0.15) is 0 Å². The molecule has 2 bridgehead atoms. The normalized spacial score (nSPS) is 28.6. The second-order valence-corrected chi connectivity index (χ2v) is 5.27. The summed E-state index contributed by atoms with van der Waals surface area (Å²) in [4.78, 5) is 11.1. The zero-order chi connectivity index (χ0) is 12.5. The van der Waals surface area contributed by atoms with Gasteiger partial charge >= 0.3 is 5.97 Å². The van der Waals surface area contributed by atoms with E-state index in [-0.39, 0.29) is 0 Å². The standard InChI is InChI=1S/C15H17NO2/c17-15(18)13-3-1-2-4-14(13)16-9-12-8-10-5-6-11(12)7-10/h1-6,10-12,16H,7-9H2,(H,17,18). The summed E-state index contributed by atoms with van der Waals surface area (Å²) in [6.07, 6.45) is 7.17. The van der Waals surface area contributed by atoms with Gasteiger partial charge in [-0.05, 0) is 42.7 Å². The van der Waals surface area contributed by atoms with Gasteiger partial charge in [0.25, 0.3) is 0 Å². The molecule has 2 aliphatic rings. The number of carbonyl (C=O) groups is 1. The van der Waals surface area contributed by atoms with Crippen molar-refractivity contribution in [3.05, 3.63) is 42.0 Å². The van der Waals surface area contributed by atoms with Crippen molar-refractivity contribution in [1.29, 1.82) is 0 Å². The van der Waals surface area contributed by atoms with Gasteiger partial charge in [0.05, 0.1) is 5.56 Å². The average Bonchev–Trinajstić information content (AvgIpc) is 2.98. The molecule has 3 heteroatoms. The summed E-state index contributed by atoms with van der Waals surface area (Å²) in [5.41, 5.74) is 1.09. The Kier molecular flexibility index (Phi) is 2.82. The lowest BCUT2D eigenvalue weighted by Crippen LogP contribution is -2.19. The van der Waals surface area contributed by atoms with Crippen molar-refractivity contribution in [3.63, 3.8) is 0 Å². The first-order valence-corrected chi connectivity index (χ1v) is 6.48. The van der Waals surface area contributed by atoms with E-state index in [1.165, 1.54) is 12.8 Å². The topological polar surface area (TPSA) is 49.3 Å². The molecule has 0 radical (unpaired) electrons. The van der Waals surface area contributed by atoms with Crippen molar-refractivity contribution in [1.82, 2.24) is 0 Å². The highest BCUT2D eigenvalue weighted by Gasteiger charge is 2.35. The molecule has 1 aromatic rings. The Bertz CT molecular complexity index is 495. The zero-order valence-electron chi connectivity index (χ0n) is 10.2. The lowest BCUT2D eigenvalue weighted by molar-refractivity contribution is 0.0698. The highest BCUT2D eigenvalue weighted by molar-refractivity contribution is 5.94. The van der Waals surface area contributed by atoms with Crippen LogP contribution in [0, 0.1) is 17.8 Å². The summed E-state index contributed by atoms with van der Waals surface area (Å²) in [5.74, 6) is 1.24. The van der Waals surface area contributed by atoms with E-state index in [2.05, 4.69) is 17.5 Å². The first-order valence-electron chi connectivity index (χ1n) is 6.48. The Morgan fingerprint density at radius 3 is 2.78 bits per heavy atom. The molecule has 2 N–H and O–H groups in total. The van der Waals surface area contributed by atoms with Gasteiger partial charge in [0.15, 0.2) is 0 Å². The molecule has 0 aromatic heterocycles. The van der Waals surface area contributed by atoms with Crippen LogP contribution < -0.4 is 5.32 Å². The van der Waals surface area contributed by atoms with E-state index in [1.807, 2.05) is 12.1 Å². The summed E-state index contributed by atoms with van der Waals surface area (Å²) in [5, 5.41) is 12.4. The fourth-order valence-electron chi connectivity index (χ4n) is 3.19. The van der Waals surface area contributed by atoms with Crippen molar-refractivity contribution in [2.75, 3.05) is 11.9 Å². The predicted octanol–water partition coefficient (Wildman–Crippen LogP) is 3.01. The van der Waals surface area contributed by atoms with Crippen LogP contribution in [0.15, 0.2) is 36.4 Å². The molecule has 1 fully saturated rings. The molecule has 0 amide bonds. The van der Waals surface area contributed by atoms with Gasteiger partial charge in [-0.25, -0.2) is 4.79 Å². The van der Waals surface area contributed by atoms with Crippen LogP contribution in [0.1, 0.15) is 23.2 Å². The number of para-hydroxylation sites is 1. The Morgan fingerprint density at radius 2 is 2.11 bits per heavy atom. The summed E-state index contributed by atoms with van der Waals surface area (Å²) >= 11 is 0. The number of fused-ring (bicyclic) bond motifs is 2. The molecule has 0 saturated heterocycles. The molecule has 0 aliphatic heterocycles. The third-order valence-electron chi connectivity index (χ3n) is 4.13. The number of benzene rings is 1. The minimum Gasteiger partial charge on any atom is -0.478 e. The molecule has 0 spiro atoms. The highest BCUT2D eigenvalue weighted by Crippen LogP contribution is 2.43. The van der Waals surface area contributed by atoms with E-state index in [9.17, 15) is 4.79 Å². The second kappa shape index (κ2) is 4.48. The van der Waals surface area contributed by atoms with Gasteiger partial charge in [-0.15, -0.1) is 0 Å². The SMILES string of the molecule is O=C(O)c1ccccc1NCC1CC2C=CC1C2. The summed E-state index contributed by atoms with van der Waals surface area (Å²) in [7, 11) is 0. The Morgan fingerprint density at radius 1 is 1.28 bits per heavy atom. The highest BCUT2D eigenvalue weighted by atomic mass is 16.4. The van der Waals surface area contributed by atoms with E-state index in [0.717, 1.165) is 18.2 Å². The van der Waals surface area contributed by atoms with E-state index >= 15 is 0 Å². The third-order valence-corrected chi connectivity index (χ3v) is 4.13. The second-order valence-electron chi connectivity index (χ2n) is 5.27. The molecular weight excluding hydrogens is 226 g/mol. The van der Waals surface area contributed by atoms with Crippen molar-refractivity contribution < 1.29 is 9.90 Å². The van der Waals surface area contributed by atoms with Crippen LogP contribution in [-0.2, 0) is 0 Å². The van der Waals surface area contributed by atoms with E-state index in [4.69, 9.17) is 5.11 Å². The van der Waals surface area contributed by atoms with Crippen molar-refractivity contribution in [2.45, 2.75) is 12.8 Å². The van der Waals surface area contributed by atoms with Crippen LogP contribution >= 0.6 is 0 Å². The Labute approximate surface area is 107 Å². The molecule has 3 unspecified atom stereocenters. The lowest BCUT2D eigenvalue weighted by atomic mass is 9.93. The van der Waals surface area contributed by atoms with Crippen LogP contribution in [0.3, 0.4) is 0 Å². The summed E-state index contributed by atoms with van der Waals surface area (Å²) in [6.45, 7) is 0.871. The third kappa shape index (κ3) is 2.01. The van der Waals surface area contributed by atoms with Crippen molar-refractivity contribution in [2.24, 2.45) is 17.8 Å². The van der Waals surface area contributed by atoms with Crippen molar-refractivity contribution in [3.8, 4) is 0 Å². The molecule has 18 heavy (non-hydrogen) atoms. The van der Waals surface area contributed by atoms with Crippen LogP contribution in [0.4, 0.5) is 5.69 Å². The molecule has 2 aliphatic carbocycles. The van der Waals surface area contributed by atoms with E-state index in [0.29, 0.717) is 17.4 Å². The predicted molar refractivity (Wildman–Crippen MR) is 70.7 cm³/mol. The first kappa shape index (κ1) is 11.3. The van der Waals surface area contributed by atoms with Gasteiger partial charge in [-0.2, -0.15) is 0 Å². The molecule has 3 rings (SSSR count). The number of nitrogens with one attached hydrogen (secondary N) is 1. The number of aromatic carboxylic acids is 1. The number of allylic oxidation sites excluding steroid dienone is 2. The van der Waals surface area contributed by atoms with Gasteiger partial charge in [0, 0.05) is 12.2 Å². The molecule has 1 saturated carbocycles. The van der Waals surface area contributed by atoms with Crippen LogP contribution in [0.5, 0.6) is 0 Å². The maximum atomic E-state index is 11.1. The molecule has 1 aromatic carbocycles. The lowest BCUT2D eigenvalue weighted by Gasteiger charge is -2.19. The van der Waals surface area contributed by atoms with Crippen LogP contribution in [0.25, 0.3) is 0 Å². The van der Waals surface area contributed by atoms with Gasteiger partial charge < -0.3 is 10.4 Å². The minimum atomic E-state index is -0.870. The summed E-state index contributed by atoms with van der Waals surface area (Å²) < 4.78 is 0. The zero-order valence-corrected chi connectivity index (χ0v) is 10.2. The average molecular weight is 243 g/mol. The first-order chi connectivity index (χ1) is 8.74. The fraction of sp³-hybridized carbons (Fsp3) is 0.400. The van der Waals surface area contributed by atoms with Crippen LogP contribution in [0.2, 0.25) is 0 Å². The quantitative estimate of drug-likeness (QED) is 0.799. The number of anilines is 1. The maximum Gasteiger partial charge on any atom is 0.337 e. The number of hydrogen-bond acceptors (Lipinski definition) is 2. The van der Waals surface area contributed by atoms with Crippen LogP contribution in [-0.4, -0.2) is 17.6 Å². The largest absolute Gasteiger partial charge is 0.478 e. The number of carboxylic acids is 1. The maximum absolute atomic E-state index is 11.1. The Hall–Kier alpha value is -1.77. The fourth-order valence-corrected chi connectivity index (χ4v) is 3.19. The number of carboxylic acid groups (broad SMARTS) is 1. The molecule has 3 nitrogen and oxygen atoms in total. The molecule has 3 atom stereocenters. The van der Waals surface area contributed by atoms with Gasteiger partial charge in [0.2, 0.25) is 0 Å². The smallest absolute Gasteiger partial charge is 0.337 e. The van der Waals surface area contributed by atoms with Gasteiger partial charge in [-0.1, -0.05) is 24.3 Å². The number of rotatable bonds is 4. The summed E-state index contributed by atoms with van der Waals surface area (Å²) in [6, 6.07) is 7.11. The number of hydrogen-bond donors (Lipinski definition) is 2.